The highest BCUT2D eigenvalue weighted by Gasteiger charge is 2.19. The van der Waals surface area contributed by atoms with Gasteiger partial charge in [0.05, 0.1) is 12.0 Å². The van der Waals surface area contributed by atoms with Gasteiger partial charge in [0.15, 0.2) is 0 Å². The molecule has 0 saturated heterocycles. The van der Waals surface area contributed by atoms with Crippen molar-refractivity contribution in [3.8, 4) is 0 Å². The van der Waals surface area contributed by atoms with E-state index >= 15 is 0 Å². The second-order valence-corrected chi connectivity index (χ2v) is 4.19. The first-order valence-corrected chi connectivity index (χ1v) is 6.45. The summed E-state index contributed by atoms with van der Waals surface area (Å²) in [6.07, 6.45) is -0.592. The first-order chi connectivity index (χ1) is 8.69. The standard InChI is InChI=1S/C13H19ClN2O2/c1-3-15-12(9-14)16(2)13(17)18-10-11-7-5-4-6-8-11/h4-8,12,15H,3,9-10H2,1-2H3. The van der Waals surface area contributed by atoms with Crippen LogP contribution in [0.1, 0.15) is 12.5 Å². The van der Waals surface area contributed by atoms with Crippen LogP contribution in [0.5, 0.6) is 0 Å². The zero-order chi connectivity index (χ0) is 13.4. The van der Waals surface area contributed by atoms with Crippen molar-refractivity contribution in [2.75, 3.05) is 19.5 Å². The first kappa shape index (κ1) is 14.8. The highest BCUT2D eigenvalue weighted by atomic mass is 35.5. The van der Waals surface area contributed by atoms with Crippen molar-refractivity contribution in [3.05, 3.63) is 35.9 Å². The molecular formula is C13H19ClN2O2. The highest BCUT2D eigenvalue weighted by molar-refractivity contribution is 6.18. The number of carbonyl (C=O) groups is 1. The summed E-state index contributed by atoms with van der Waals surface area (Å²) in [5.41, 5.74) is 0.963. The molecule has 1 aromatic carbocycles. The van der Waals surface area contributed by atoms with Gasteiger partial charge in [-0.25, -0.2) is 4.79 Å². The lowest BCUT2D eigenvalue weighted by Crippen LogP contribution is -2.47. The molecule has 0 fully saturated rings. The topological polar surface area (TPSA) is 41.6 Å². The molecule has 0 aromatic heterocycles. The molecule has 0 bridgehead atoms. The van der Waals surface area contributed by atoms with E-state index in [9.17, 15) is 4.79 Å². The number of nitrogens with one attached hydrogen (secondary N) is 1. The Hall–Kier alpha value is -1.26. The van der Waals surface area contributed by atoms with Crippen LogP contribution in [-0.2, 0) is 11.3 Å². The quantitative estimate of drug-likeness (QED) is 0.638. The molecule has 0 heterocycles. The van der Waals surface area contributed by atoms with Crippen molar-refractivity contribution >= 4 is 17.7 Å². The molecule has 0 aliphatic carbocycles. The summed E-state index contributed by atoms with van der Waals surface area (Å²) in [7, 11) is 1.67. The molecule has 1 atom stereocenters. The maximum Gasteiger partial charge on any atom is 0.411 e. The minimum Gasteiger partial charge on any atom is -0.445 e. The molecule has 0 aliphatic rings. The molecule has 1 N–H and O–H groups in total. The lowest BCUT2D eigenvalue weighted by Gasteiger charge is -2.26. The Kier molecular flexibility index (Phi) is 6.54. The first-order valence-electron chi connectivity index (χ1n) is 5.92. The Labute approximate surface area is 113 Å². The zero-order valence-electron chi connectivity index (χ0n) is 10.7. The molecule has 0 aliphatic heterocycles. The Morgan fingerprint density at radius 1 is 1.44 bits per heavy atom. The van der Waals surface area contributed by atoms with Gasteiger partial charge < -0.3 is 4.74 Å². The SMILES string of the molecule is CCNC(CCl)N(C)C(=O)OCc1ccccc1. The van der Waals surface area contributed by atoms with Crippen LogP contribution in [0.3, 0.4) is 0 Å². The third kappa shape index (κ3) is 4.55. The molecule has 4 nitrogen and oxygen atoms in total. The van der Waals surface area contributed by atoms with Gasteiger partial charge in [0, 0.05) is 7.05 Å². The summed E-state index contributed by atoms with van der Waals surface area (Å²) in [6.45, 7) is 2.97. The van der Waals surface area contributed by atoms with Crippen LogP contribution in [0.15, 0.2) is 30.3 Å². The predicted octanol–water partition coefficient (Wildman–Crippen LogP) is 2.43. The molecule has 0 spiro atoms. The molecule has 18 heavy (non-hydrogen) atoms. The van der Waals surface area contributed by atoms with Crippen LogP contribution in [-0.4, -0.2) is 36.6 Å². The summed E-state index contributed by atoms with van der Waals surface area (Å²) in [4.78, 5) is 13.3. The molecule has 1 unspecified atom stereocenters. The lowest BCUT2D eigenvalue weighted by atomic mass is 10.2. The number of amides is 1. The number of ether oxygens (including phenoxy) is 1. The van der Waals surface area contributed by atoms with E-state index in [-0.39, 0.29) is 18.9 Å². The van der Waals surface area contributed by atoms with Gasteiger partial charge in [-0.15, -0.1) is 11.6 Å². The normalized spacial score (nSPS) is 11.9. The third-order valence-electron chi connectivity index (χ3n) is 2.55. The van der Waals surface area contributed by atoms with E-state index in [4.69, 9.17) is 16.3 Å². The molecule has 5 heteroatoms. The van der Waals surface area contributed by atoms with E-state index in [1.54, 1.807) is 7.05 Å². The Morgan fingerprint density at radius 3 is 2.67 bits per heavy atom. The summed E-state index contributed by atoms with van der Waals surface area (Å²) in [5, 5.41) is 3.10. The van der Waals surface area contributed by atoms with Crippen molar-refractivity contribution in [2.45, 2.75) is 19.7 Å². The maximum atomic E-state index is 11.8. The smallest absolute Gasteiger partial charge is 0.411 e. The van der Waals surface area contributed by atoms with Crippen molar-refractivity contribution in [3.63, 3.8) is 0 Å². The van der Waals surface area contributed by atoms with E-state index in [0.717, 1.165) is 12.1 Å². The van der Waals surface area contributed by atoms with Crippen LogP contribution in [0.25, 0.3) is 0 Å². The van der Waals surface area contributed by atoms with Gasteiger partial charge in [0.25, 0.3) is 0 Å². The summed E-state index contributed by atoms with van der Waals surface area (Å²) in [6, 6.07) is 9.57. The Bertz CT molecular complexity index is 359. The van der Waals surface area contributed by atoms with Crippen molar-refractivity contribution in [2.24, 2.45) is 0 Å². The fourth-order valence-corrected chi connectivity index (χ4v) is 1.80. The summed E-state index contributed by atoms with van der Waals surface area (Å²) >= 11 is 5.79. The van der Waals surface area contributed by atoms with E-state index in [0.29, 0.717) is 5.88 Å². The number of halogens is 1. The molecule has 0 radical (unpaired) electrons. The van der Waals surface area contributed by atoms with Crippen LogP contribution in [0.4, 0.5) is 4.79 Å². The third-order valence-corrected chi connectivity index (χ3v) is 2.84. The van der Waals surface area contributed by atoms with Crippen LogP contribution >= 0.6 is 11.6 Å². The molecule has 0 saturated carbocycles. The van der Waals surface area contributed by atoms with E-state index < -0.39 is 0 Å². The number of hydrogen-bond acceptors (Lipinski definition) is 3. The second kappa shape index (κ2) is 7.95. The number of nitrogens with zero attached hydrogens (tertiary/aromatic N) is 1. The fourth-order valence-electron chi connectivity index (χ4n) is 1.48. The number of carbonyl (C=O) groups excluding carboxylic acids is 1. The van der Waals surface area contributed by atoms with Gasteiger partial charge in [-0.3, -0.25) is 10.2 Å². The molecular weight excluding hydrogens is 252 g/mol. The number of hydrogen-bond donors (Lipinski definition) is 1. The average molecular weight is 271 g/mol. The maximum absolute atomic E-state index is 11.8. The van der Waals surface area contributed by atoms with Gasteiger partial charge >= 0.3 is 6.09 Å². The van der Waals surface area contributed by atoms with Crippen LogP contribution in [0, 0.1) is 0 Å². The second-order valence-electron chi connectivity index (χ2n) is 3.88. The predicted molar refractivity (Wildman–Crippen MR) is 72.6 cm³/mol. The molecule has 100 valence electrons. The zero-order valence-corrected chi connectivity index (χ0v) is 11.5. The van der Waals surface area contributed by atoms with Gasteiger partial charge in [0.2, 0.25) is 0 Å². The van der Waals surface area contributed by atoms with Gasteiger partial charge in [0.1, 0.15) is 6.61 Å². The number of rotatable bonds is 6. The minimum atomic E-state index is -0.384. The lowest BCUT2D eigenvalue weighted by molar-refractivity contribution is 0.0889. The minimum absolute atomic E-state index is 0.208. The van der Waals surface area contributed by atoms with Crippen molar-refractivity contribution in [1.29, 1.82) is 0 Å². The van der Waals surface area contributed by atoms with Crippen LogP contribution in [0.2, 0.25) is 0 Å². The van der Waals surface area contributed by atoms with Gasteiger partial charge in [-0.1, -0.05) is 37.3 Å². The van der Waals surface area contributed by atoms with E-state index in [2.05, 4.69) is 5.32 Å². The largest absolute Gasteiger partial charge is 0.445 e. The average Bonchev–Trinajstić information content (AvgIpc) is 2.42. The number of alkyl halides is 1. The fraction of sp³-hybridized carbons (Fsp3) is 0.462. The summed E-state index contributed by atoms with van der Waals surface area (Å²) < 4.78 is 5.21. The van der Waals surface area contributed by atoms with E-state index in [1.165, 1.54) is 4.90 Å². The van der Waals surface area contributed by atoms with Gasteiger partial charge in [-0.05, 0) is 12.1 Å². The van der Waals surface area contributed by atoms with Crippen molar-refractivity contribution < 1.29 is 9.53 Å². The van der Waals surface area contributed by atoms with Crippen molar-refractivity contribution in [1.82, 2.24) is 10.2 Å². The van der Waals surface area contributed by atoms with Gasteiger partial charge in [-0.2, -0.15) is 0 Å². The monoisotopic (exact) mass is 270 g/mol. The summed E-state index contributed by atoms with van der Waals surface area (Å²) in [5.74, 6) is 0.324. The molecule has 1 amide bonds. The van der Waals surface area contributed by atoms with Crippen LogP contribution < -0.4 is 5.32 Å². The highest BCUT2D eigenvalue weighted by Crippen LogP contribution is 2.04. The molecule has 1 aromatic rings. The Morgan fingerprint density at radius 2 is 2.11 bits per heavy atom. The number of benzene rings is 1. The Balaban J connectivity index is 2.44. The van der Waals surface area contributed by atoms with E-state index in [1.807, 2.05) is 37.3 Å². The molecule has 1 rings (SSSR count).